The Morgan fingerprint density at radius 1 is 0.973 bits per heavy atom. The lowest BCUT2D eigenvalue weighted by atomic mass is 9.69. The number of benzene rings is 2. The number of nitro benzene ring substituents is 1. The highest BCUT2D eigenvalue weighted by atomic mass is 16.6. The molecule has 188 valence electrons. The third-order valence-corrected chi connectivity index (χ3v) is 7.24. The van der Waals surface area contributed by atoms with Gasteiger partial charge in [0, 0.05) is 42.0 Å². The minimum absolute atomic E-state index is 0.00628. The number of carbonyl (C=O) groups excluding carboxylic acids is 2. The molecule has 2 aliphatic carbocycles. The van der Waals surface area contributed by atoms with Crippen molar-refractivity contribution in [3.63, 3.8) is 0 Å². The fourth-order valence-corrected chi connectivity index (χ4v) is 5.57. The van der Waals surface area contributed by atoms with Crippen molar-refractivity contribution >= 4 is 28.8 Å². The van der Waals surface area contributed by atoms with Gasteiger partial charge in [-0.1, -0.05) is 42.5 Å². The molecule has 1 heterocycles. The minimum atomic E-state index is -1.56. The van der Waals surface area contributed by atoms with Crippen LogP contribution in [0.25, 0.3) is 11.1 Å². The number of esters is 2. The van der Waals surface area contributed by atoms with Crippen LogP contribution in [-0.2, 0) is 25.5 Å². The molecule has 8 nitrogen and oxygen atoms in total. The Labute approximate surface area is 213 Å². The van der Waals surface area contributed by atoms with Crippen LogP contribution in [0.3, 0.4) is 0 Å². The van der Waals surface area contributed by atoms with E-state index < -0.39 is 22.3 Å². The number of aryl methyl sites for hydroxylation is 1. The Kier molecular flexibility index (Phi) is 6.03. The van der Waals surface area contributed by atoms with E-state index in [4.69, 9.17) is 13.9 Å². The van der Waals surface area contributed by atoms with E-state index in [1.165, 1.54) is 26.4 Å². The number of non-ortho nitro benzene ring substituents is 1. The van der Waals surface area contributed by atoms with Crippen LogP contribution in [0.5, 0.6) is 0 Å². The number of hydrogen-bond acceptors (Lipinski definition) is 7. The van der Waals surface area contributed by atoms with E-state index >= 15 is 0 Å². The molecule has 0 spiro atoms. The van der Waals surface area contributed by atoms with Gasteiger partial charge in [-0.3, -0.25) is 19.7 Å². The summed E-state index contributed by atoms with van der Waals surface area (Å²) in [6.45, 7) is 1.87. The molecular formula is C29H25NO7. The maximum atomic E-state index is 13.0. The van der Waals surface area contributed by atoms with Crippen LogP contribution in [-0.4, -0.2) is 31.1 Å². The topological polar surface area (TPSA) is 109 Å². The van der Waals surface area contributed by atoms with Crippen LogP contribution in [0.15, 0.2) is 71.2 Å². The molecule has 0 amide bonds. The maximum Gasteiger partial charge on any atom is 0.324 e. The molecular weight excluding hydrogens is 474 g/mol. The first-order valence-corrected chi connectivity index (χ1v) is 11.8. The zero-order chi connectivity index (χ0) is 26.3. The van der Waals surface area contributed by atoms with Crippen LogP contribution in [0.2, 0.25) is 0 Å². The smallest absolute Gasteiger partial charge is 0.324 e. The number of nitrogens with zero attached hydrogens (tertiary/aromatic N) is 1. The van der Waals surface area contributed by atoms with Crippen molar-refractivity contribution < 1.29 is 28.4 Å². The molecule has 0 radical (unpaired) electrons. The summed E-state index contributed by atoms with van der Waals surface area (Å²) in [4.78, 5) is 36.7. The molecule has 3 aromatic rings. The predicted octanol–water partition coefficient (Wildman–Crippen LogP) is 5.39. The van der Waals surface area contributed by atoms with Gasteiger partial charge in [-0.05, 0) is 41.3 Å². The highest BCUT2D eigenvalue weighted by Gasteiger charge is 2.54. The number of allylic oxidation sites excluding steroid dienone is 4. The van der Waals surface area contributed by atoms with Gasteiger partial charge in [0.2, 0.25) is 0 Å². The number of nitro groups is 1. The molecule has 0 aliphatic heterocycles. The van der Waals surface area contributed by atoms with E-state index in [-0.39, 0.29) is 24.4 Å². The third-order valence-electron chi connectivity index (χ3n) is 7.24. The van der Waals surface area contributed by atoms with Crippen molar-refractivity contribution in [3.8, 4) is 0 Å². The van der Waals surface area contributed by atoms with Gasteiger partial charge in [-0.25, -0.2) is 0 Å². The summed E-state index contributed by atoms with van der Waals surface area (Å²) in [6, 6.07) is 16.4. The first-order chi connectivity index (χ1) is 17.8. The molecule has 2 aromatic carbocycles. The number of furan rings is 1. The Bertz CT molecular complexity index is 1450. The third kappa shape index (κ3) is 3.85. The maximum absolute atomic E-state index is 13.0. The van der Waals surface area contributed by atoms with Crippen LogP contribution in [0.4, 0.5) is 5.69 Å². The van der Waals surface area contributed by atoms with Gasteiger partial charge in [0.1, 0.15) is 11.5 Å². The Morgan fingerprint density at radius 3 is 2.22 bits per heavy atom. The van der Waals surface area contributed by atoms with Crippen LogP contribution in [0, 0.1) is 22.5 Å². The summed E-state index contributed by atoms with van der Waals surface area (Å²) in [5.41, 5.74) is 3.78. The van der Waals surface area contributed by atoms with Gasteiger partial charge in [0.05, 0.1) is 19.1 Å². The fourth-order valence-electron chi connectivity index (χ4n) is 5.57. The van der Waals surface area contributed by atoms with Gasteiger partial charge >= 0.3 is 11.9 Å². The number of ether oxygens (including phenoxy) is 2. The molecule has 1 atom stereocenters. The van der Waals surface area contributed by atoms with E-state index in [0.717, 1.165) is 33.4 Å². The summed E-state index contributed by atoms with van der Waals surface area (Å²) in [6.07, 6.45) is 3.98. The van der Waals surface area contributed by atoms with Gasteiger partial charge < -0.3 is 13.9 Å². The van der Waals surface area contributed by atoms with Gasteiger partial charge in [-0.15, -0.1) is 0 Å². The van der Waals surface area contributed by atoms with Gasteiger partial charge in [-0.2, -0.15) is 0 Å². The molecule has 0 bridgehead atoms. The molecule has 0 saturated heterocycles. The number of rotatable bonds is 5. The first-order valence-electron chi connectivity index (χ1n) is 11.8. The van der Waals surface area contributed by atoms with E-state index in [9.17, 15) is 19.7 Å². The molecule has 0 unspecified atom stereocenters. The monoisotopic (exact) mass is 499 g/mol. The van der Waals surface area contributed by atoms with E-state index in [0.29, 0.717) is 11.5 Å². The van der Waals surface area contributed by atoms with E-state index in [2.05, 4.69) is 0 Å². The highest BCUT2D eigenvalue weighted by Crippen LogP contribution is 2.53. The summed E-state index contributed by atoms with van der Waals surface area (Å²) in [7, 11) is 2.50. The normalized spacial score (nSPS) is 17.5. The molecule has 0 fully saturated rings. The average Bonchev–Trinajstić information content (AvgIpc) is 3.14. The summed E-state index contributed by atoms with van der Waals surface area (Å²) in [5, 5.41) is 11.2. The fraction of sp³-hybridized carbons (Fsp3) is 0.241. The number of hydrogen-bond donors (Lipinski definition) is 0. The zero-order valence-corrected chi connectivity index (χ0v) is 20.6. The standard InChI is InChI=1S/C29H25NO7/c1-17-24-25(19-7-5-4-6-8-19)22(18-9-12-21(13-10-18)30(33)34)14-11-20-15-29(27(31)35-2,28(32)36-3)16-23(37-17)26(20)24/h4-14,25H,15-16H2,1-3H3/t25-/m0/s1. The quantitative estimate of drug-likeness (QED) is 0.200. The largest absolute Gasteiger partial charge is 0.468 e. The van der Waals surface area contributed by atoms with Crippen molar-refractivity contribution in [2.75, 3.05) is 14.2 Å². The molecule has 5 rings (SSSR count). The highest BCUT2D eigenvalue weighted by molar-refractivity contribution is 6.04. The van der Waals surface area contributed by atoms with Gasteiger partial charge in [0.25, 0.3) is 5.69 Å². The van der Waals surface area contributed by atoms with Crippen LogP contribution < -0.4 is 0 Å². The lowest BCUT2D eigenvalue weighted by Crippen LogP contribution is -2.45. The SMILES string of the molecule is COC(=O)C1(C(=O)OC)CC2=CC=C(c3ccc([N+](=O)[O-])cc3)[C@H](c3ccccc3)c3c(C)oc(c32)C1. The molecule has 1 aromatic heterocycles. The number of carbonyl (C=O) groups is 2. The molecule has 0 N–H and O–H groups in total. The molecule has 0 saturated carbocycles. The molecule has 37 heavy (non-hydrogen) atoms. The predicted molar refractivity (Wildman–Crippen MR) is 136 cm³/mol. The molecule has 2 aliphatic rings. The Balaban J connectivity index is 1.75. The second-order valence-electron chi connectivity index (χ2n) is 9.25. The zero-order valence-electron chi connectivity index (χ0n) is 20.6. The summed E-state index contributed by atoms with van der Waals surface area (Å²) >= 11 is 0. The lowest BCUT2D eigenvalue weighted by Gasteiger charge is -2.32. The van der Waals surface area contributed by atoms with E-state index in [1.807, 2.05) is 49.4 Å². The molecule has 8 heteroatoms. The van der Waals surface area contributed by atoms with Gasteiger partial charge in [0.15, 0.2) is 5.41 Å². The number of methoxy groups -OCH3 is 2. The second kappa shape index (κ2) is 9.20. The van der Waals surface area contributed by atoms with Crippen LogP contribution in [0.1, 0.15) is 46.1 Å². The minimum Gasteiger partial charge on any atom is -0.468 e. The van der Waals surface area contributed by atoms with E-state index in [1.54, 1.807) is 12.1 Å². The van der Waals surface area contributed by atoms with Crippen molar-refractivity contribution in [3.05, 3.63) is 111 Å². The van der Waals surface area contributed by atoms with Crippen molar-refractivity contribution in [2.24, 2.45) is 5.41 Å². The first kappa shape index (κ1) is 24.2. The van der Waals surface area contributed by atoms with Crippen molar-refractivity contribution in [1.29, 1.82) is 0 Å². The second-order valence-corrected chi connectivity index (χ2v) is 9.25. The average molecular weight is 500 g/mol. The van der Waals surface area contributed by atoms with Crippen LogP contribution >= 0.6 is 0 Å². The van der Waals surface area contributed by atoms with Crippen molar-refractivity contribution in [2.45, 2.75) is 25.7 Å². The Morgan fingerprint density at radius 2 is 1.62 bits per heavy atom. The lowest BCUT2D eigenvalue weighted by molar-refractivity contribution is -0.384. The Hall–Kier alpha value is -4.46. The van der Waals surface area contributed by atoms with Crippen molar-refractivity contribution in [1.82, 2.24) is 0 Å². The summed E-state index contributed by atoms with van der Waals surface area (Å²) < 4.78 is 16.3. The summed E-state index contributed by atoms with van der Waals surface area (Å²) in [5.74, 6) is -0.396.